The second-order valence-electron chi connectivity index (χ2n) is 4.72. The van der Waals surface area contributed by atoms with Crippen LogP contribution in [0.15, 0.2) is 60.7 Å². The summed E-state index contributed by atoms with van der Waals surface area (Å²) < 4.78 is 9.92. The zero-order valence-electron chi connectivity index (χ0n) is 11.8. The van der Waals surface area contributed by atoms with E-state index in [1.807, 2.05) is 60.7 Å². The number of ether oxygens (including phenoxy) is 2. The summed E-state index contributed by atoms with van der Waals surface area (Å²) in [4.78, 5) is 0. The first-order valence-corrected chi connectivity index (χ1v) is 6.96. The predicted molar refractivity (Wildman–Crippen MR) is 79.4 cm³/mol. The van der Waals surface area contributed by atoms with Crippen LogP contribution >= 0.6 is 0 Å². The average Bonchev–Trinajstić information content (AvgIpc) is 2.49. The lowest BCUT2D eigenvalue weighted by Gasteiger charge is -2.21. The molecule has 0 radical (unpaired) electrons. The zero-order valence-corrected chi connectivity index (χ0v) is 11.8. The van der Waals surface area contributed by atoms with Crippen LogP contribution in [0, 0.1) is 0 Å². The molecule has 4 nitrogen and oxygen atoms in total. The standard InChI is InChI=1S/C17H20O4/c18-17(19,20-13-11-15-7-3-1-4-8-15)21-14-12-16-9-5-2-6-10-16/h1-10,18-19H,11-14H2. The summed E-state index contributed by atoms with van der Waals surface area (Å²) in [5.41, 5.74) is 2.13. The second kappa shape index (κ2) is 7.90. The Bertz CT molecular complexity index is 463. The average molecular weight is 288 g/mol. The van der Waals surface area contributed by atoms with Crippen molar-refractivity contribution in [1.82, 2.24) is 0 Å². The van der Waals surface area contributed by atoms with Crippen molar-refractivity contribution >= 4 is 0 Å². The van der Waals surface area contributed by atoms with Gasteiger partial charge in [0, 0.05) is 0 Å². The van der Waals surface area contributed by atoms with E-state index in [2.05, 4.69) is 0 Å². The topological polar surface area (TPSA) is 58.9 Å². The number of hydrogen-bond donors (Lipinski definition) is 2. The number of benzene rings is 2. The molecule has 2 N–H and O–H groups in total. The smallest absolute Gasteiger partial charge is 0.319 e. The van der Waals surface area contributed by atoms with Gasteiger partial charge < -0.3 is 19.7 Å². The molecule has 21 heavy (non-hydrogen) atoms. The highest BCUT2D eigenvalue weighted by molar-refractivity contribution is 5.15. The van der Waals surface area contributed by atoms with Crippen molar-refractivity contribution in [2.75, 3.05) is 13.2 Å². The fraction of sp³-hybridized carbons (Fsp3) is 0.294. The third-order valence-electron chi connectivity index (χ3n) is 3.05. The first-order valence-electron chi connectivity index (χ1n) is 6.96. The summed E-state index contributed by atoms with van der Waals surface area (Å²) in [5.74, 6) is 0. The largest absolute Gasteiger partial charge is 0.407 e. The molecule has 0 aliphatic carbocycles. The van der Waals surface area contributed by atoms with Gasteiger partial charge in [0.1, 0.15) is 0 Å². The molecule has 0 bridgehead atoms. The van der Waals surface area contributed by atoms with E-state index in [-0.39, 0.29) is 13.2 Å². The van der Waals surface area contributed by atoms with E-state index in [4.69, 9.17) is 9.47 Å². The minimum Gasteiger partial charge on any atom is -0.319 e. The molecule has 0 saturated heterocycles. The monoisotopic (exact) mass is 288 g/mol. The Kier molecular flexibility index (Phi) is 5.90. The Hall–Kier alpha value is -1.72. The predicted octanol–water partition coefficient (Wildman–Crippen LogP) is 2.10. The molecule has 0 heterocycles. The Morgan fingerprint density at radius 2 is 1.05 bits per heavy atom. The van der Waals surface area contributed by atoms with Gasteiger partial charge in [0.25, 0.3) is 0 Å². The lowest BCUT2D eigenvalue weighted by atomic mass is 10.2. The van der Waals surface area contributed by atoms with Crippen LogP contribution in [-0.4, -0.2) is 29.6 Å². The van der Waals surface area contributed by atoms with Crippen LogP contribution in [0.3, 0.4) is 0 Å². The quantitative estimate of drug-likeness (QED) is 0.730. The maximum Gasteiger partial charge on any atom is 0.407 e. The molecule has 0 spiro atoms. The zero-order chi connectivity index (χ0) is 15.0. The van der Waals surface area contributed by atoms with E-state index >= 15 is 0 Å². The van der Waals surface area contributed by atoms with E-state index in [0.717, 1.165) is 11.1 Å². The number of rotatable bonds is 8. The molecule has 0 saturated carbocycles. The summed E-state index contributed by atoms with van der Waals surface area (Å²) in [6, 6.07) is 19.4. The molecular formula is C17H20O4. The van der Waals surface area contributed by atoms with Crippen molar-refractivity contribution in [2.45, 2.75) is 19.0 Å². The summed E-state index contributed by atoms with van der Waals surface area (Å²) in [7, 11) is 0. The van der Waals surface area contributed by atoms with Crippen molar-refractivity contribution in [3.8, 4) is 0 Å². The van der Waals surface area contributed by atoms with Gasteiger partial charge in [0.2, 0.25) is 0 Å². The fourth-order valence-electron chi connectivity index (χ4n) is 1.93. The van der Waals surface area contributed by atoms with Crippen LogP contribution in [0.1, 0.15) is 11.1 Å². The summed E-state index contributed by atoms with van der Waals surface area (Å²) in [6.07, 6.45) is -1.36. The van der Waals surface area contributed by atoms with Gasteiger partial charge in [-0.25, -0.2) is 0 Å². The second-order valence-corrected chi connectivity index (χ2v) is 4.72. The van der Waals surface area contributed by atoms with E-state index in [1.165, 1.54) is 0 Å². The van der Waals surface area contributed by atoms with Crippen molar-refractivity contribution < 1.29 is 19.7 Å². The first-order chi connectivity index (χ1) is 10.2. The Balaban J connectivity index is 1.67. The molecule has 0 atom stereocenters. The fourth-order valence-corrected chi connectivity index (χ4v) is 1.93. The van der Waals surface area contributed by atoms with Crippen molar-refractivity contribution in [3.63, 3.8) is 0 Å². The number of hydrogen-bond acceptors (Lipinski definition) is 4. The summed E-state index contributed by atoms with van der Waals surface area (Å²) in [5, 5.41) is 19.2. The molecule has 0 amide bonds. The molecule has 0 aromatic heterocycles. The van der Waals surface area contributed by atoms with Crippen LogP contribution in [-0.2, 0) is 22.3 Å². The van der Waals surface area contributed by atoms with Gasteiger partial charge in [-0.15, -0.1) is 0 Å². The summed E-state index contributed by atoms with van der Waals surface area (Å²) in [6.45, 7) is 0.338. The lowest BCUT2D eigenvalue weighted by molar-refractivity contribution is -0.470. The molecule has 2 aromatic rings. The van der Waals surface area contributed by atoms with E-state index in [1.54, 1.807) is 0 Å². The molecule has 4 heteroatoms. The minimum atomic E-state index is -2.54. The highest BCUT2D eigenvalue weighted by Gasteiger charge is 2.25. The Morgan fingerprint density at radius 3 is 1.43 bits per heavy atom. The first kappa shape index (κ1) is 15.7. The highest BCUT2D eigenvalue weighted by Crippen LogP contribution is 2.09. The molecule has 112 valence electrons. The molecule has 0 unspecified atom stereocenters. The van der Waals surface area contributed by atoms with Gasteiger partial charge in [-0.2, -0.15) is 0 Å². The minimum absolute atomic E-state index is 0.169. The van der Waals surface area contributed by atoms with Gasteiger partial charge in [-0.1, -0.05) is 60.7 Å². The van der Waals surface area contributed by atoms with Crippen LogP contribution in [0.2, 0.25) is 0 Å². The molecular weight excluding hydrogens is 268 g/mol. The van der Waals surface area contributed by atoms with Gasteiger partial charge in [-0.3, -0.25) is 0 Å². The SMILES string of the molecule is OC(O)(OCCc1ccccc1)OCCc1ccccc1. The maximum absolute atomic E-state index is 9.58. The van der Waals surface area contributed by atoms with Crippen LogP contribution in [0.5, 0.6) is 0 Å². The molecule has 2 aromatic carbocycles. The number of aliphatic hydroxyl groups is 2. The molecule has 0 aliphatic heterocycles. The third-order valence-corrected chi connectivity index (χ3v) is 3.05. The van der Waals surface area contributed by atoms with E-state index < -0.39 is 6.16 Å². The van der Waals surface area contributed by atoms with Gasteiger partial charge in [0.05, 0.1) is 13.2 Å². The van der Waals surface area contributed by atoms with E-state index in [0.29, 0.717) is 12.8 Å². The molecule has 2 rings (SSSR count). The van der Waals surface area contributed by atoms with Crippen molar-refractivity contribution in [3.05, 3.63) is 71.8 Å². The van der Waals surface area contributed by atoms with Crippen molar-refractivity contribution in [2.24, 2.45) is 0 Å². The van der Waals surface area contributed by atoms with Crippen LogP contribution in [0.25, 0.3) is 0 Å². The van der Waals surface area contributed by atoms with Gasteiger partial charge >= 0.3 is 6.16 Å². The lowest BCUT2D eigenvalue weighted by Crippen LogP contribution is -2.36. The van der Waals surface area contributed by atoms with Crippen molar-refractivity contribution in [1.29, 1.82) is 0 Å². The maximum atomic E-state index is 9.58. The van der Waals surface area contributed by atoms with E-state index in [9.17, 15) is 10.2 Å². The van der Waals surface area contributed by atoms with Gasteiger partial charge in [0.15, 0.2) is 0 Å². The third kappa shape index (κ3) is 6.06. The van der Waals surface area contributed by atoms with Gasteiger partial charge in [-0.05, 0) is 24.0 Å². The normalized spacial score (nSPS) is 11.5. The molecule has 0 aliphatic rings. The Morgan fingerprint density at radius 1 is 0.667 bits per heavy atom. The highest BCUT2D eigenvalue weighted by atomic mass is 16.9. The van der Waals surface area contributed by atoms with Crippen LogP contribution < -0.4 is 0 Å². The molecule has 0 fully saturated rings. The summed E-state index contributed by atoms with van der Waals surface area (Å²) >= 11 is 0. The van der Waals surface area contributed by atoms with Crippen LogP contribution in [0.4, 0.5) is 0 Å². The Labute approximate surface area is 124 Å².